The smallest absolute Gasteiger partial charge is 0.339 e. The maximum atomic E-state index is 11.2. The number of carboxylic acid groups (broad SMARTS) is 1. The Hall–Kier alpha value is -1.29. The highest BCUT2D eigenvalue weighted by Gasteiger charge is 2.32. The lowest BCUT2D eigenvalue weighted by Gasteiger charge is -2.28. The number of carbonyl (C=O) groups is 1. The monoisotopic (exact) mass is 282 g/mol. The van der Waals surface area contributed by atoms with Gasteiger partial charge < -0.3 is 10.4 Å². The van der Waals surface area contributed by atoms with Crippen LogP contribution in [0.25, 0.3) is 0 Å². The molecule has 0 radical (unpaired) electrons. The summed E-state index contributed by atoms with van der Waals surface area (Å²) in [5.41, 5.74) is 0.452. The van der Waals surface area contributed by atoms with E-state index in [0.29, 0.717) is 11.0 Å². The molecule has 1 aromatic heterocycles. The third kappa shape index (κ3) is 3.18. The summed E-state index contributed by atoms with van der Waals surface area (Å²) < 4.78 is 0. The van der Waals surface area contributed by atoms with E-state index < -0.39 is 5.97 Å². The second-order valence-corrected chi connectivity index (χ2v) is 5.64. The first kappa shape index (κ1) is 14.1. The number of halogens is 1. The molecule has 2 N–H and O–H groups in total. The quantitative estimate of drug-likeness (QED) is 0.806. The van der Waals surface area contributed by atoms with Gasteiger partial charge in [0.15, 0.2) is 0 Å². The average Bonchev–Trinajstić information content (AvgIpc) is 2.85. The van der Waals surface area contributed by atoms with E-state index in [9.17, 15) is 4.79 Å². The van der Waals surface area contributed by atoms with Crippen LogP contribution < -0.4 is 5.32 Å². The first-order chi connectivity index (χ1) is 9.06. The molecule has 1 aliphatic rings. The zero-order valence-corrected chi connectivity index (χ0v) is 11.8. The fourth-order valence-electron chi connectivity index (χ4n) is 2.79. The molecule has 0 spiro atoms. The fourth-order valence-corrected chi connectivity index (χ4v) is 2.94. The van der Waals surface area contributed by atoms with Crippen LogP contribution in [-0.4, -0.2) is 22.6 Å². The number of pyridine rings is 1. The first-order valence-electron chi connectivity index (χ1n) is 6.70. The molecule has 1 aromatic rings. The van der Waals surface area contributed by atoms with Crippen molar-refractivity contribution in [2.24, 2.45) is 5.41 Å². The third-order valence-corrected chi connectivity index (χ3v) is 4.35. The van der Waals surface area contributed by atoms with E-state index in [1.165, 1.54) is 37.8 Å². The largest absolute Gasteiger partial charge is 0.478 e. The number of aromatic carboxylic acids is 1. The van der Waals surface area contributed by atoms with Crippen molar-refractivity contribution in [3.63, 3.8) is 0 Å². The second-order valence-electron chi connectivity index (χ2n) is 5.25. The van der Waals surface area contributed by atoms with Crippen LogP contribution in [0.1, 0.15) is 49.4 Å². The van der Waals surface area contributed by atoms with E-state index >= 15 is 0 Å². The van der Waals surface area contributed by atoms with E-state index in [1.54, 1.807) is 0 Å². The van der Waals surface area contributed by atoms with Gasteiger partial charge in [-0.15, -0.1) is 0 Å². The fraction of sp³-hybridized carbons (Fsp3) is 0.571. The van der Waals surface area contributed by atoms with Crippen molar-refractivity contribution in [1.82, 2.24) is 4.98 Å². The molecule has 4 nitrogen and oxygen atoms in total. The van der Waals surface area contributed by atoms with Gasteiger partial charge in [-0.05, 0) is 36.8 Å². The number of rotatable bonds is 5. The van der Waals surface area contributed by atoms with Crippen molar-refractivity contribution in [3.05, 3.63) is 22.8 Å². The van der Waals surface area contributed by atoms with Crippen molar-refractivity contribution >= 4 is 23.4 Å². The molecule has 104 valence electrons. The molecular formula is C14H19ClN2O2. The van der Waals surface area contributed by atoms with Gasteiger partial charge >= 0.3 is 5.97 Å². The highest BCUT2D eigenvalue weighted by atomic mass is 35.5. The third-order valence-electron chi connectivity index (χ3n) is 4.14. The van der Waals surface area contributed by atoms with Gasteiger partial charge in [-0.2, -0.15) is 0 Å². The van der Waals surface area contributed by atoms with Gasteiger partial charge in [-0.3, -0.25) is 0 Å². The normalized spacial score (nSPS) is 17.4. The Kier molecular flexibility index (Phi) is 4.30. The molecule has 2 rings (SSSR count). The summed E-state index contributed by atoms with van der Waals surface area (Å²) >= 11 is 5.84. The molecule has 1 saturated carbocycles. The summed E-state index contributed by atoms with van der Waals surface area (Å²) in [5.74, 6) is -0.608. The van der Waals surface area contributed by atoms with Crippen molar-refractivity contribution in [1.29, 1.82) is 0 Å². The summed E-state index contributed by atoms with van der Waals surface area (Å²) in [7, 11) is 0. The van der Waals surface area contributed by atoms with Crippen LogP contribution >= 0.6 is 11.6 Å². The molecule has 0 aromatic carbocycles. The Bertz CT molecular complexity index is 471. The Morgan fingerprint density at radius 2 is 2.16 bits per heavy atom. The predicted octanol–water partition coefficient (Wildman–Crippen LogP) is 3.82. The Morgan fingerprint density at radius 3 is 2.74 bits per heavy atom. The van der Waals surface area contributed by atoms with Crippen LogP contribution in [0.3, 0.4) is 0 Å². The summed E-state index contributed by atoms with van der Waals surface area (Å²) in [4.78, 5) is 15.2. The minimum absolute atomic E-state index is 0.175. The SMILES string of the molecule is CCC1(CNc2nc(Cl)ccc2C(=O)O)CCCC1. The van der Waals surface area contributed by atoms with Crippen LogP contribution in [0.2, 0.25) is 5.15 Å². The summed E-state index contributed by atoms with van der Waals surface area (Å²) in [6.45, 7) is 2.95. The number of anilines is 1. The number of carboxylic acids is 1. The van der Waals surface area contributed by atoms with E-state index in [0.717, 1.165) is 13.0 Å². The number of nitrogens with zero attached hydrogens (tertiary/aromatic N) is 1. The summed E-state index contributed by atoms with van der Waals surface area (Å²) in [5, 5.41) is 12.6. The number of nitrogens with one attached hydrogen (secondary N) is 1. The van der Waals surface area contributed by atoms with E-state index in [4.69, 9.17) is 16.7 Å². The van der Waals surface area contributed by atoms with E-state index in [-0.39, 0.29) is 11.0 Å². The summed E-state index contributed by atoms with van der Waals surface area (Å²) in [6, 6.07) is 2.99. The van der Waals surface area contributed by atoms with Gasteiger partial charge in [0.25, 0.3) is 0 Å². The van der Waals surface area contributed by atoms with Crippen LogP contribution in [0.15, 0.2) is 12.1 Å². The Morgan fingerprint density at radius 1 is 1.47 bits per heavy atom. The molecule has 0 aliphatic heterocycles. The number of hydrogen-bond donors (Lipinski definition) is 2. The minimum atomic E-state index is -0.983. The highest BCUT2D eigenvalue weighted by molar-refractivity contribution is 6.29. The lowest BCUT2D eigenvalue weighted by molar-refractivity contribution is 0.0697. The van der Waals surface area contributed by atoms with Crippen molar-refractivity contribution in [2.45, 2.75) is 39.0 Å². The predicted molar refractivity (Wildman–Crippen MR) is 75.9 cm³/mol. The van der Waals surface area contributed by atoms with Gasteiger partial charge in [-0.25, -0.2) is 9.78 Å². The molecule has 0 saturated heterocycles. The van der Waals surface area contributed by atoms with Crippen LogP contribution in [0.4, 0.5) is 5.82 Å². The maximum Gasteiger partial charge on any atom is 0.339 e. The van der Waals surface area contributed by atoms with E-state index in [2.05, 4.69) is 17.2 Å². The zero-order chi connectivity index (χ0) is 13.9. The van der Waals surface area contributed by atoms with Crippen LogP contribution in [-0.2, 0) is 0 Å². The molecular weight excluding hydrogens is 264 g/mol. The van der Waals surface area contributed by atoms with Crippen molar-refractivity contribution in [2.75, 3.05) is 11.9 Å². The molecule has 0 unspecified atom stereocenters. The van der Waals surface area contributed by atoms with Crippen LogP contribution in [0.5, 0.6) is 0 Å². The van der Waals surface area contributed by atoms with Gasteiger partial charge in [-0.1, -0.05) is 31.4 Å². The van der Waals surface area contributed by atoms with Crippen LogP contribution in [0, 0.1) is 5.41 Å². The molecule has 1 aliphatic carbocycles. The van der Waals surface area contributed by atoms with Gasteiger partial charge in [0, 0.05) is 6.54 Å². The average molecular weight is 283 g/mol. The lowest BCUT2D eigenvalue weighted by atomic mass is 9.83. The Labute approximate surface area is 118 Å². The lowest BCUT2D eigenvalue weighted by Crippen LogP contribution is -2.27. The first-order valence-corrected chi connectivity index (χ1v) is 7.08. The molecule has 5 heteroatoms. The van der Waals surface area contributed by atoms with Gasteiger partial charge in [0.1, 0.15) is 16.5 Å². The van der Waals surface area contributed by atoms with Crippen molar-refractivity contribution in [3.8, 4) is 0 Å². The highest BCUT2D eigenvalue weighted by Crippen LogP contribution is 2.41. The van der Waals surface area contributed by atoms with Gasteiger partial charge in [0.05, 0.1) is 0 Å². The molecule has 0 bridgehead atoms. The topological polar surface area (TPSA) is 62.2 Å². The molecule has 1 heterocycles. The molecule has 19 heavy (non-hydrogen) atoms. The van der Waals surface area contributed by atoms with E-state index in [1.807, 2.05) is 0 Å². The number of aromatic nitrogens is 1. The Balaban J connectivity index is 2.14. The second kappa shape index (κ2) is 5.78. The standard InChI is InChI=1S/C14H19ClN2O2/c1-2-14(7-3-4-8-14)9-16-12-10(13(18)19)5-6-11(15)17-12/h5-6H,2-4,7-9H2,1H3,(H,16,17)(H,18,19). The minimum Gasteiger partial charge on any atom is -0.478 e. The zero-order valence-electron chi connectivity index (χ0n) is 11.1. The number of hydrogen-bond acceptors (Lipinski definition) is 3. The molecule has 1 fully saturated rings. The van der Waals surface area contributed by atoms with Gasteiger partial charge in [0.2, 0.25) is 0 Å². The molecule has 0 amide bonds. The molecule has 0 atom stereocenters. The maximum absolute atomic E-state index is 11.2. The summed E-state index contributed by atoms with van der Waals surface area (Å²) in [6.07, 6.45) is 6.00. The van der Waals surface area contributed by atoms with Crippen molar-refractivity contribution < 1.29 is 9.90 Å².